The predicted octanol–water partition coefficient (Wildman–Crippen LogP) is 2.08. The van der Waals surface area contributed by atoms with Gasteiger partial charge in [-0.05, 0) is 38.3 Å². The van der Waals surface area contributed by atoms with E-state index < -0.39 is 0 Å². The second-order valence-corrected chi connectivity index (χ2v) is 4.47. The molecule has 17 heavy (non-hydrogen) atoms. The summed E-state index contributed by atoms with van der Waals surface area (Å²) in [7, 11) is 0. The van der Waals surface area contributed by atoms with Gasteiger partial charge in [0.15, 0.2) is 5.84 Å². The second-order valence-electron chi connectivity index (χ2n) is 4.47. The van der Waals surface area contributed by atoms with E-state index in [-0.39, 0.29) is 5.84 Å². The van der Waals surface area contributed by atoms with E-state index in [2.05, 4.69) is 30.0 Å². The summed E-state index contributed by atoms with van der Waals surface area (Å²) in [5, 5.41) is 12.0. The number of amidine groups is 1. The van der Waals surface area contributed by atoms with Gasteiger partial charge in [-0.3, -0.25) is 0 Å². The number of nitrogens with two attached hydrogens (primary N) is 1. The zero-order chi connectivity index (χ0) is 12.4. The van der Waals surface area contributed by atoms with E-state index in [1.165, 1.54) is 18.4 Å². The minimum atomic E-state index is 0.183. The van der Waals surface area contributed by atoms with Crippen LogP contribution in [0, 0.1) is 6.92 Å². The molecule has 0 atom stereocenters. The maximum atomic E-state index is 8.86. The lowest BCUT2D eigenvalue weighted by Gasteiger charge is -2.27. The standard InChI is InChI=1S/C13H19N3O/c1-3-16(10-7-8-10)12-9(2)5-4-6-11(12)13(14)15-17/h4-6,10,17H,3,7-8H2,1-2H3,(H2,14,15). The summed E-state index contributed by atoms with van der Waals surface area (Å²) in [6.45, 7) is 5.15. The van der Waals surface area contributed by atoms with Crippen LogP contribution in [-0.4, -0.2) is 23.6 Å². The molecule has 1 aromatic carbocycles. The molecule has 0 aromatic heterocycles. The average Bonchev–Trinajstić information content (AvgIpc) is 3.15. The van der Waals surface area contributed by atoms with E-state index in [0.717, 1.165) is 17.8 Å². The smallest absolute Gasteiger partial charge is 0.172 e. The molecule has 0 aliphatic heterocycles. The van der Waals surface area contributed by atoms with Crippen molar-refractivity contribution in [2.75, 3.05) is 11.4 Å². The first-order valence-corrected chi connectivity index (χ1v) is 6.03. The fourth-order valence-electron chi connectivity index (χ4n) is 2.29. The molecular weight excluding hydrogens is 214 g/mol. The highest BCUT2D eigenvalue weighted by atomic mass is 16.4. The minimum absolute atomic E-state index is 0.183. The van der Waals surface area contributed by atoms with E-state index in [9.17, 15) is 0 Å². The summed E-state index contributed by atoms with van der Waals surface area (Å²) in [4.78, 5) is 2.35. The molecule has 3 N–H and O–H groups in total. The zero-order valence-corrected chi connectivity index (χ0v) is 10.3. The third-order valence-electron chi connectivity index (χ3n) is 3.24. The van der Waals surface area contributed by atoms with Gasteiger partial charge in [0, 0.05) is 18.2 Å². The maximum Gasteiger partial charge on any atom is 0.172 e. The van der Waals surface area contributed by atoms with Crippen molar-refractivity contribution < 1.29 is 5.21 Å². The van der Waals surface area contributed by atoms with E-state index in [1.54, 1.807) is 0 Å². The van der Waals surface area contributed by atoms with Crippen molar-refractivity contribution in [2.24, 2.45) is 10.9 Å². The Balaban J connectivity index is 2.49. The summed E-state index contributed by atoms with van der Waals surface area (Å²) in [6.07, 6.45) is 2.47. The number of hydrogen-bond donors (Lipinski definition) is 2. The van der Waals surface area contributed by atoms with Crippen LogP contribution in [0.15, 0.2) is 23.4 Å². The van der Waals surface area contributed by atoms with Crippen LogP contribution in [0.5, 0.6) is 0 Å². The lowest BCUT2D eigenvalue weighted by atomic mass is 10.1. The normalized spacial score (nSPS) is 16.0. The third kappa shape index (κ3) is 2.20. The van der Waals surface area contributed by atoms with Crippen molar-refractivity contribution in [1.82, 2.24) is 0 Å². The molecule has 2 rings (SSSR count). The fraction of sp³-hybridized carbons (Fsp3) is 0.462. The Hall–Kier alpha value is -1.71. The molecular formula is C13H19N3O. The van der Waals surface area contributed by atoms with Crippen molar-refractivity contribution in [3.8, 4) is 0 Å². The van der Waals surface area contributed by atoms with Gasteiger partial charge in [0.05, 0.1) is 5.69 Å². The van der Waals surface area contributed by atoms with Gasteiger partial charge in [0.1, 0.15) is 0 Å². The molecule has 0 saturated heterocycles. The van der Waals surface area contributed by atoms with Crippen LogP contribution in [0.2, 0.25) is 0 Å². The van der Waals surface area contributed by atoms with Gasteiger partial charge >= 0.3 is 0 Å². The molecule has 1 aliphatic rings. The molecule has 92 valence electrons. The van der Waals surface area contributed by atoms with Crippen molar-refractivity contribution in [3.05, 3.63) is 29.3 Å². The fourth-order valence-corrected chi connectivity index (χ4v) is 2.29. The molecule has 4 nitrogen and oxygen atoms in total. The second kappa shape index (κ2) is 4.65. The van der Waals surface area contributed by atoms with E-state index in [1.807, 2.05) is 12.1 Å². The van der Waals surface area contributed by atoms with E-state index in [0.29, 0.717) is 6.04 Å². The Kier molecular flexibility index (Phi) is 3.22. The van der Waals surface area contributed by atoms with E-state index >= 15 is 0 Å². The average molecular weight is 233 g/mol. The number of aryl methyl sites for hydroxylation is 1. The number of para-hydroxylation sites is 1. The summed E-state index contributed by atoms with van der Waals surface area (Å²) >= 11 is 0. The van der Waals surface area contributed by atoms with Crippen LogP contribution in [0.4, 0.5) is 5.69 Å². The van der Waals surface area contributed by atoms with Crippen molar-refractivity contribution in [2.45, 2.75) is 32.7 Å². The monoisotopic (exact) mass is 233 g/mol. The molecule has 1 aromatic rings. The SMILES string of the molecule is CCN(c1c(C)cccc1/C(N)=N/O)C1CC1. The Morgan fingerprint density at radius 1 is 1.53 bits per heavy atom. The quantitative estimate of drug-likeness (QED) is 0.362. The number of benzene rings is 1. The first-order chi connectivity index (χ1) is 8.19. The number of nitrogens with zero attached hydrogens (tertiary/aromatic N) is 2. The Bertz CT molecular complexity index is 438. The maximum absolute atomic E-state index is 8.86. The van der Waals surface area contributed by atoms with Crippen LogP contribution < -0.4 is 10.6 Å². The van der Waals surface area contributed by atoms with E-state index in [4.69, 9.17) is 10.9 Å². The van der Waals surface area contributed by atoms with Gasteiger partial charge < -0.3 is 15.8 Å². The van der Waals surface area contributed by atoms with Crippen molar-refractivity contribution >= 4 is 11.5 Å². The Labute approximate surface area is 102 Å². The highest BCUT2D eigenvalue weighted by molar-refractivity contribution is 6.02. The van der Waals surface area contributed by atoms with Crippen molar-refractivity contribution in [3.63, 3.8) is 0 Å². The van der Waals surface area contributed by atoms with Crippen LogP contribution >= 0.6 is 0 Å². The lowest BCUT2D eigenvalue weighted by Crippen LogP contribution is -2.29. The molecule has 0 bridgehead atoms. The molecule has 4 heteroatoms. The zero-order valence-electron chi connectivity index (χ0n) is 10.3. The topological polar surface area (TPSA) is 61.8 Å². The van der Waals surface area contributed by atoms with Crippen molar-refractivity contribution in [1.29, 1.82) is 0 Å². The van der Waals surface area contributed by atoms with Crippen LogP contribution in [0.1, 0.15) is 30.9 Å². The summed E-state index contributed by atoms with van der Waals surface area (Å²) in [5.41, 5.74) is 8.84. The molecule has 0 unspecified atom stereocenters. The largest absolute Gasteiger partial charge is 0.409 e. The summed E-state index contributed by atoms with van der Waals surface area (Å²) in [5.74, 6) is 0.183. The molecule has 1 aliphatic carbocycles. The highest BCUT2D eigenvalue weighted by Crippen LogP contribution is 2.35. The van der Waals surface area contributed by atoms with Gasteiger partial charge in [-0.25, -0.2) is 0 Å². The van der Waals surface area contributed by atoms with Crippen LogP contribution in [0.25, 0.3) is 0 Å². The highest BCUT2D eigenvalue weighted by Gasteiger charge is 2.30. The van der Waals surface area contributed by atoms with Gasteiger partial charge in [0.2, 0.25) is 0 Å². The molecule has 0 spiro atoms. The number of hydrogen-bond acceptors (Lipinski definition) is 3. The lowest BCUT2D eigenvalue weighted by molar-refractivity contribution is 0.318. The first kappa shape index (κ1) is 11.8. The number of oxime groups is 1. The van der Waals surface area contributed by atoms with Crippen LogP contribution in [-0.2, 0) is 0 Å². The third-order valence-corrected chi connectivity index (χ3v) is 3.24. The molecule has 1 saturated carbocycles. The predicted molar refractivity (Wildman–Crippen MR) is 69.7 cm³/mol. The Morgan fingerprint density at radius 3 is 2.76 bits per heavy atom. The molecule has 0 radical (unpaired) electrons. The van der Waals surface area contributed by atoms with Gasteiger partial charge in [-0.1, -0.05) is 17.3 Å². The first-order valence-electron chi connectivity index (χ1n) is 6.03. The number of rotatable bonds is 4. The summed E-state index contributed by atoms with van der Waals surface area (Å²) < 4.78 is 0. The van der Waals surface area contributed by atoms with Gasteiger partial charge in [-0.15, -0.1) is 0 Å². The summed E-state index contributed by atoms with van der Waals surface area (Å²) in [6, 6.07) is 6.52. The number of anilines is 1. The molecule has 0 amide bonds. The molecule has 1 fully saturated rings. The van der Waals surface area contributed by atoms with Crippen LogP contribution in [0.3, 0.4) is 0 Å². The van der Waals surface area contributed by atoms with Gasteiger partial charge in [0.25, 0.3) is 0 Å². The minimum Gasteiger partial charge on any atom is -0.409 e. The van der Waals surface area contributed by atoms with Gasteiger partial charge in [-0.2, -0.15) is 0 Å². The molecule has 0 heterocycles. The Morgan fingerprint density at radius 2 is 2.24 bits per heavy atom.